The minimum absolute atomic E-state index is 0.0846. The molecule has 1 rings (SSSR count). The summed E-state index contributed by atoms with van der Waals surface area (Å²) in [6.07, 6.45) is 6.60. The Hall–Kier alpha value is -1.04. The average Bonchev–Trinajstić information content (AvgIpc) is 2.17. The molecule has 0 bridgehead atoms. The monoisotopic (exact) mass is 208 g/mol. The first-order chi connectivity index (χ1) is 7.27. The predicted octanol–water partition coefficient (Wildman–Crippen LogP) is 2.23. The molecule has 1 aliphatic rings. The Morgan fingerprint density at radius 1 is 1.60 bits per heavy atom. The second kappa shape index (κ2) is 6.44. The molecule has 1 N–H and O–H groups in total. The van der Waals surface area contributed by atoms with E-state index in [0.29, 0.717) is 6.42 Å². The first kappa shape index (κ1) is 12.0. The lowest BCUT2D eigenvalue weighted by Crippen LogP contribution is -2.32. The maximum absolute atomic E-state index is 11.5. The summed E-state index contributed by atoms with van der Waals surface area (Å²) in [6, 6.07) is 2.06. The van der Waals surface area contributed by atoms with Crippen molar-refractivity contribution in [3.63, 3.8) is 0 Å². The highest BCUT2D eigenvalue weighted by atomic mass is 16.1. The second-order valence-electron chi connectivity index (χ2n) is 4.35. The van der Waals surface area contributed by atoms with E-state index in [-0.39, 0.29) is 5.91 Å². The summed E-state index contributed by atoms with van der Waals surface area (Å²) in [7, 11) is 0. The molecule has 0 aliphatic heterocycles. The van der Waals surface area contributed by atoms with Gasteiger partial charge in [0.1, 0.15) is 5.92 Å². The molecule has 1 fully saturated rings. The van der Waals surface area contributed by atoms with Crippen molar-refractivity contribution in [2.75, 3.05) is 6.54 Å². The van der Waals surface area contributed by atoms with E-state index in [2.05, 4.69) is 11.4 Å². The van der Waals surface area contributed by atoms with Crippen LogP contribution in [0.4, 0.5) is 0 Å². The minimum Gasteiger partial charge on any atom is -0.355 e. The zero-order valence-electron chi connectivity index (χ0n) is 9.46. The van der Waals surface area contributed by atoms with Crippen LogP contribution in [0.2, 0.25) is 0 Å². The highest BCUT2D eigenvalue weighted by molar-refractivity contribution is 5.80. The first-order valence-electron chi connectivity index (χ1n) is 5.95. The van der Waals surface area contributed by atoms with Crippen LogP contribution in [-0.4, -0.2) is 12.5 Å². The smallest absolute Gasteiger partial charge is 0.237 e. The number of carbonyl (C=O) groups is 1. The zero-order chi connectivity index (χ0) is 11.1. The maximum Gasteiger partial charge on any atom is 0.237 e. The number of nitriles is 1. The summed E-state index contributed by atoms with van der Waals surface area (Å²) in [5, 5.41) is 11.6. The van der Waals surface area contributed by atoms with Gasteiger partial charge in [0, 0.05) is 6.54 Å². The summed E-state index contributed by atoms with van der Waals surface area (Å²) in [4.78, 5) is 11.5. The van der Waals surface area contributed by atoms with Crippen molar-refractivity contribution < 1.29 is 4.79 Å². The van der Waals surface area contributed by atoms with Crippen molar-refractivity contribution in [1.82, 2.24) is 5.32 Å². The van der Waals surface area contributed by atoms with E-state index in [0.717, 1.165) is 25.3 Å². The van der Waals surface area contributed by atoms with Crippen molar-refractivity contribution >= 4 is 5.91 Å². The highest BCUT2D eigenvalue weighted by Gasteiger charge is 2.19. The molecule has 0 spiro atoms. The van der Waals surface area contributed by atoms with E-state index in [9.17, 15) is 4.79 Å². The molecular formula is C12H20N2O. The molecule has 3 heteroatoms. The molecule has 1 saturated carbocycles. The number of carbonyl (C=O) groups excluding carboxylic acids is 1. The molecule has 84 valence electrons. The van der Waals surface area contributed by atoms with Gasteiger partial charge in [-0.2, -0.15) is 5.26 Å². The molecule has 1 aliphatic carbocycles. The molecular weight excluding hydrogens is 188 g/mol. The van der Waals surface area contributed by atoms with Gasteiger partial charge in [-0.3, -0.25) is 4.79 Å². The molecule has 1 unspecified atom stereocenters. The molecule has 0 aromatic carbocycles. The van der Waals surface area contributed by atoms with Gasteiger partial charge in [0.15, 0.2) is 0 Å². The molecule has 0 radical (unpaired) electrons. The number of nitrogens with zero attached hydrogens (tertiary/aromatic N) is 1. The Bertz CT molecular complexity index is 240. The zero-order valence-corrected chi connectivity index (χ0v) is 9.46. The highest BCUT2D eigenvalue weighted by Crippen LogP contribution is 2.28. The van der Waals surface area contributed by atoms with Crippen LogP contribution in [0.15, 0.2) is 0 Å². The van der Waals surface area contributed by atoms with Gasteiger partial charge < -0.3 is 5.32 Å². The van der Waals surface area contributed by atoms with Crippen molar-refractivity contribution in [3.05, 3.63) is 0 Å². The average molecular weight is 208 g/mol. The Morgan fingerprint density at radius 3 is 2.80 bits per heavy atom. The van der Waals surface area contributed by atoms with Gasteiger partial charge in [0.05, 0.1) is 6.07 Å². The number of rotatable bonds is 6. The van der Waals surface area contributed by atoms with Crippen molar-refractivity contribution in [1.29, 1.82) is 5.26 Å². The van der Waals surface area contributed by atoms with E-state index < -0.39 is 5.92 Å². The number of hydrogen-bond acceptors (Lipinski definition) is 2. The molecule has 0 saturated heterocycles. The Balaban J connectivity index is 2.13. The van der Waals surface area contributed by atoms with Crippen molar-refractivity contribution in [2.45, 2.75) is 45.4 Å². The third-order valence-electron chi connectivity index (χ3n) is 3.13. The molecule has 0 heterocycles. The lowest BCUT2D eigenvalue weighted by Gasteiger charge is -2.25. The normalized spacial score (nSPS) is 17.6. The quantitative estimate of drug-likeness (QED) is 0.727. The predicted molar refractivity (Wildman–Crippen MR) is 59.0 cm³/mol. The van der Waals surface area contributed by atoms with Crippen LogP contribution < -0.4 is 5.32 Å². The molecule has 0 aromatic rings. The van der Waals surface area contributed by atoms with Gasteiger partial charge >= 0.3 is 0 Å². The van der Waals surface area contributed by atoms with E-state index in [4.69, 9.17) is 5.26 Å². The van der Waals surface area contributed by atoms with Crippen molar-refractivity contribution in [3.8, 4) is 6.07 Å². The second-order valence-corrected chi connectivity index (χ2v) is 4.35. The lowest BCUT2D eigenvalue weighted by molar-refractivity contribution is -0.123. The lowest BCUT2D eigenvalue weighted by atomic mass is 9.83. The Labute approximate surface area is 91.9 Å². The molecule has 3 nitrogen and oxygen atoms in total. The van der Waals surface area contributed by atoms with Gasteiger partial charge in [-0.25, -0.2) is 0 Å². The minimum atomic E-state index is -0.448. The van der Waals surface area contributed by atoms with Gasteiger partial charge in [0.25, 0.3) is 0 Å². The van der Waals surface area contributed by atoms with Gasteiger partial charge in [-0.05, 0) is 18.8 Å². The van der Waals surface area contributed by atoms with Crippen LogP contribution in [0.25, 0.3) is 0 Å². The van der Waals surface area contributed by atoms with E-state index in [1.54, 1.807) is 0 Å². The SMILES string of the molecule is CCCC(C#N)C(=O)NCCC1CCC1. The number of hydrogen-bond donors (Lipinski definition) is 1. The number of nitrogens with one attached hydrogen (secondary N) is 1. The van der Waals surface area contributed by atoms with E-state index in [1.807, 2.05) is 6.92 Å². The van der Waals surface area contributed by atoms with Crippen LogP contribution in [0, 0.1) is 23.2 Å². The van der Waals surface area contributed by atoms with Crippen LogP contribution in [-0.2, 0) is 4.79 Å². The molecule has 1 atom stereocenters. The summed E-state index contributed by atoms with van der Waals surface area (Å²) >= 11 is 0. The summed E-state index contributed by atoms with van der Waals surface area (Å²) < 4.78 is 0. The Kier molecular flexibility index (Phi) is 5.17. The standard InChI is InChI=1S/C12H20N2O/c1-2-4-11(9-13)12(15)14-8-7-10-5-3-6-10/h10-11H,2-8H2,1H3,(H,14,15). The summed E-state index contributed by atoms with van der Waals surface area (Å²) in [6.45, 7) is 2.73. The van der Waals surface area contributed by atoms with E-state index >= 15 is 0 Å². The van der Waals surface area contributed by atoms with E-state index in [1.165, 1.54) is 19.3 Å². The third kappa shape index (κ3) is 3.91. The fourth-order valence-corrected chi connectivity index (χ4v) is 1.85. The van der Waals surface area contributed by atoms with Crippen LogP contribution in [0.1, 0.15) is 45.4 Å². The van der Waals surface area contributed by atoms with Gasteiger partial charge in [-0.15, -0.1) is 0 Å². The largest absolute Gasteiger partial charge is 0.355 e. The maximum atomic E-state index is 11.5. The van der Waals surface area contributed by atoms with Gasteiger partial charge in [-0.1, -0.05) is 32.6 Å². The van der Waals surface area contributed by atoms with Crippen LogP contribution >= 0.6 is 0 Å². The molecule has 15 heavy (non-hydrogen) atoms. The fraction of sp³-hybridized carbons (Fsp3) is 0.833. The van der Waals surface area contributed by atoms with Crippen LogP contribution in [0.3, 0.4) is 0 Å². The molecule has 0 aromatic heterocycles. The fourth-order valence-electron chi connectivity index (χ4n) is 1.85. The topological polar surface area (TPSA) is 52.9 Å². The first-order valence-corrected chi connectivity index (χ1v) is 5.95. The Morgan fingerprint density at radius 2 is 2.33 bits per heavy atom. The summed E-state index contributed by atoms with van der Waals surface area (Å²) in [5.41, 5.74) is 0. The number of amides is 1. The van der Waals surface area contributed by atoms with Crippen molar-refractivity contribution in [2.24, 2.45) is 11.8 Å². The van der Waals surface area contributed by atoms with Gasteiger partial charge in [0.2, 0.25) is 5.91 Å². The van der Waals surface area contributed by atoms with Crippen LogP contribution in [0.5, 0.6) is 0 Å². The molecule has 1 amide bonds. The third-order valence-corrected chi connectivity index (χ3v) is 3.13. The summed E-state index contributed by atoms with van der Waals surface area (Å²) in [5.74, 6) is 0.284.